The van der Waals surface area contributed by atoms with Crippen molar-refractivity contribution < 1.29 is 9.26 Å². The molecule has 5 rings (SSSR count). The van der Waals surface area contributed by atoms with Crippen molar-refractivity contribution in [3.8, 4) is 17.3 Å². The second-order valence-corrected chi connectivity index (χ2v) is 7.62. The van der Waals surface area contributed by atoms with E-state index in [1.54, 1.807) is 0 Å². The standard InChI is InChI=1S/C18H21N3O2/c1-18(6-7-18)17-20-16(21-23-17)14-8-15(22-10-11-2-3-11)13(9-19-14)12-4-5-12/h8-9,11-12H,2-7,10H2,1H3. The number of hydrogen-bond acceptors (Lipinski definition) is 5. The quantitative estimate of drug-likeness (QED) is 0.811. The summed E-state index contributed by atoms with van der Waals surface area (Å²) in [5.74, 6) is 3.64. The number of nitrogens with zero attached hydrogens (tertiary/aromatic N) is 3. The first-order chi connectivity index (χ1) is 11.2. The summed E-state index contributed by atoms with van der Waals surface area (Å²) < 4.78 is 11.5. The van der Waals surface area contributed by atoms with Crippen molar-refractivity contribution in [3.05, 3.63) is 23.7 Å². The molecule has 3 aliphatic carbocycles. The molecule has 5 heteroatoms. The van der Waals surface area contributed by atoms with Gasteiger partial charge in [0.1, 0.15) is 11.4 Å². The van der Waals surface area contributed by atoms with Crippen LogP contribution < -0.4 is 4.74 Å². The molecule has 3 fully saturated rings. The lowest BCUT2D eigenvalue weighted by Gasteiger charge is -2.11. The summed E-state index contributed by atoms with van der Waals surface area (Å²) in [6.45, 7) is 2.98. The van der Waals surface area contributed by atoms with Gasteiger partial charge in [0.15, 0.2) is 0 Å². The average Bonchev–Trinajstić information content (AvgIpc) is 3.43. The summed E-state index contributed by atoms with van der Waals surface area (Å²) in [4.78, 5) is 9.12. The minimum Gasteiger partial charge on any atom is -0.493 e. The molecule has 23 heavy (non-hydrogen) atoms. The van der Waals surface area contributed by atoms with Gasteiger partial charge < -0.3 is 9.26 Å². The molecule has 3 saturated carbocycles. The fraction of sp³-hybridized carbons (Fsp3) is 0.611. The lowest BCUT2D eigenvalue weighted by atomic mass is 10.1. The molecule has 0 amide bonds. The van der Waals surface area contributed by atoms with Crippen LogP contribution in [0.1, 0.15) is 62.8 Å². The number of pyridine rings is 1. The van der Waals surface area contributed by atoms with Crippen molar-refractivity contribution in [1.29, 1.82) is 0 Å². The van der Waals surface area contributed by atoms with Gasteiger partial charge in [0, 0.05) is 23.2 Å². The van der Waals surface area contributed by atoms with Gasteiger partial charge in [0.25, 0.3) is 0 Å². The van der Waals surface area contributed by atoms with E-state index in [1.165, 1.54) is 31.2 Å². The second-order valence-electron chi connectivity index (χ2n) is 7.62. The van der Waals surface area contributed by atoms with E-state index in [4.69, 9.17) is 9.26 Å². The molecule has 3 aliphatic rings. The van der Waals surface area contributed by atoms with Gasteiger partial charge in [-0.3, -0.25) is 4.98 Å². The SMILES string of the molecule is CC1(c2nc(-c3cc(OCC4CC4)c(C4CC4)cn3)no2)CC1. The fourth-order valence-corrected chi connectivity index (χ4v) is 2.86. The van der Waals surface area contributed by atoms with Crippen molar-refractivity contribution in [2.75, 3.05) is 6.61 Å². The van der Waals surface area contributed by atoms with Crippen LogP contribution in [0, 0.1) is 5.92 Å². The first-order valence-corrected chi connectivity index (χ1v) is 8.69. The highest BCUT2D eigenvalue weighted by Crippen LogP contribution is 2.47. The molecule has 5 nitrogen and oxygen atoms in total. The highest BCUT2D eigenvalue weighted by molar-refractivity contribution is 5.54. The number of ether oxygens (including phenoxy) is 1. The maximum absolute atomic E-state index is 6.08. The van der Waals surface area contributed by atoms with Crippen LogP contribution in [0.25, 0.3) is 11.5 Å². The minimum absolute atomic E-state index is 0.0878. The maximum Gasteiger partial charge on any atom is 0.232 e. The van der Waals surface area contributed by atoms with Gasteiger partial charge in [-0.1, -0.05) is 12.1 Å². The van der Waals surface area contributed by atoms with Gasteiger partial charge in [0.2, 0.25) is 11.7 Å². The Kier molecular flexibility index (Phi) is 2.82. The number of aromatic nitrogens is 3. The van der Waals surface area contributed by atoms with Crippen LogP contribution in [-0.4, -0.2) is 21.7 Å². The lowest BCUT2D eigenvalue weighted by Crippen LogP contribution is -2.03. The number of hydrogen-bond donors (Lipinski definition) is 0. The summed E-state index contributed by atoms with van der Waals surface area (Å²) in [6, 6.07) is 2.00. The van der Waals surface area contributed by atoms with Crippen LogP contribution in [0.5, 0.6) is 5.75 Å². The van der Waals surface area contributed by atoms with E-state index in [0.717, 1.165) is 42.7 Å². The van der Waals surface area contributed by atoms with Gasteiger partial charge in [0.05, 0.1) is 6.61 Å². The van der Waals surface area contributed by atoms with E-state index in [2.05, 4.69) is 22.0 Å². The van der Waals surface area contributed by atoms with Gasteiger partial charge in [-0.05, 0) is 50.4 Å². The zero-order valence-corrected chi connectivity index (χ0v) is 13.4. The van der Waals surface area contributed by atoms with E-state index in [9.17, 15) is 0 Å². The molecule has 2 heterocycles. The highest BCUT2D eigenvalue weighted by Gasteiger charge is 2.44. The van der Waals surface area contributed by atoms with Crippen LogP contribution in [0.3, 0.4) is 0 Å². The normalized spacial score (nSPS) is 22.1. The average molecular weight is 311 g/mol. The molecule has 0 spiro atoms. The predicted molar refractivity (Wildman–Crippen MR) is 84.3 cm³/mol. The Morgan fingerprint density at radius 1 is 1.26 bits per heavy atom. The monoisotopic (exact) mass is 311 g/mol. The Bertz CT molecular complexity index is 742. The molecule has 0 aliphatic heterocycles. The molecule has 2 aromatic rings. The Morgan fingerprint density at radius 3 is 2.78 bits per heavy atom. The Balaban J connectivity index is 1.44. The third-order valence-electron chi connectivity index (χ3n) is 5.26. The molecule has 0 radical (unpaired) electrons. The molecule has 0 atom stereocenters. The zero-order valence-electron chi connectivity index (χ0n) is 13.4. The molecular formula is C18H21N3O2. The molecule has 2 aromatic heterocycles. The van der Waals surface area contributed by atoms with Crippen molar-refractivity contribution in [3.63, 3.8) is 0 Å². The second kappa shape index (κ2) is 4.79. The van der Waals surface area contributed by atoms with Crippen LogP contribution in [0.4, 0.5) is 0 Å². The zero-order chi connectivity index (χ0) is 15.4. The van der Waals surface area contributed by atoms with Crippen LogP contribution in [0.15, 0.2) is 16.8 Å². The van der Waals surface area contributed by atoms with Crippen molar-refractivity contribution >= 4 is 0 Å². The van der Waals surface area contributed by atoms with E-state index in [-0.39, 0.29) is 5.41 Å². The maximum atomic E-state index is 6.08. The van der Waals surface area contributed by atoms with Crippen molar-refractivity contribution in [1.82, 2.24) is 15.1 Å². The molecule has 0 bridgehead atoms. The predicted octanol–water partition coefficient (Wildman–Crippen LogP) is 3.85. The third-order valence-corrected chi connectivity index (χ3v) is 5.26. The molecule has 0 saturated heterocycles. The van der Waals surface area contributed by atoms with Gasteiger partial charge in [-0.2, -0.15) is 4.98 Å². The summed E-state index contributed by atoms with van der Waals surface area (Å²) in [5, 5.41) is 4.13. The first-order valence-electron chi connectivity index (χ1n) is 8.69. The van der Waals surface area contributed by atoms with Crippen LogP contribution >= 0.6 is 0 Å². The van der Waals surface area contributed by atoms with E-state index in [1.807, 2.05) is 12.3 Å². The third kappa shape index (κ3) is 2.62. The molecule has 120 valence electrons. The molecule has 0 aromatic carbocycles. The van der Waals surface area contributed by atoms with Gasteiger partial charge >= 0.3 is 0 Å². The molecule has 0 unspecified atom stereocenters. The molecular weight excluding hydrogens is 290 g/mol. The Hall–Kier alpha value is -1.91. The van der Waals surface area contributed by atoms with Crippen LogP contribution in [0.2, 0.25) is 0 Å². The fourth-order valence-electron chi connectivity index (χ4n) is 2.86. The van der Waals surface area contributed by atoms with Gasteiger partial charge in [-0.25, -0.2) is 0 Å². The van der Waals surface area contributed by atoms with Gasteiger partial charge in [-0.15, -0.1) is 0 Å². The lowest BCUT2D eigenvalue weighted by molar-refractivity contribution is 0.296. The highest BCUT2D eigenvalue weighted by atomic mass is 16.5. The van der Waals surface area contributed by atoms with Crippen molar-refractivity contribution in [2.24, 2.45) is 5.92 Å². The summed E-state index contributed by atoms with van der Waals surface area (Å²) in [5.41, 5.74) is 2.08. The minimum atomic E-state index is 0.0878. The van der Waals surface area contributed by atoms with E-state index >= 15 is 0 Å². The summed E-state index contributed by atoms with van der Waals surface area (Å²) >= 11 is 0. The first kappa shape index (κ1) is 13.5. The molecule has 0 N–H and O–H groups in total. The van der Waals surface area contributed by atoms with E-state index in [0.29, 0.717) is 11.7 Å². The Labute approximate surface area is 135 Å². The summed E-state index contributed by atoms with van der Waals surface area (Å²) in [7, 11) is 0. The van der Waals surface area contributed by atoms with Crippen LogP contribution in [-0.2, 0) is 5.41 Å². The van der Waals surface area contributed by atoms with E-state index < -0.39 is 0 Å². The number of rotatable bonds is 6. The smallest absolute Gasteiger partial charge is 0.232 e. The summed E-state index contributed by atoms with van der Waals surface area (Å²) in [6.07, 6.45) is 9.27. The topological polar surface area (TPSA) is 61.0 Å². The Morgan fingerprint density at radius 2 is 2.09 bits per heavy atom. The largest absolute Gasteiger partial charge is 0.493 e. The van der Waals surface area contributed by atoms with Crippen molar-refractivity contribution in [2.45, 2.75) is 56.8 Å².